The van der Waals surface area contributed by atoms with Crippen molar-refractivity contribution >= 4 is 29.2 Å². The Balaban J connectivity index is 2.70. The number of carboxylic acids is 1. The molecule has 2 rings (SSSR count). The first-order chi connectivity index (χ1) is 8.50. The predicted octanol–water partition coefficient (Wildman–Crippen LogP) is 3.89. The molecule has 0 fully saturated rings. The Labute approximate surface area is 112 Å². The van der Waals surface area contributed by atoms with Crippen LogP contribution in [-0.2, 0) is 0 Å². The van der Waals surface area contributed by atoms with Crippen LogP contribution in [0.25, 0.3) is 11.1 Å². The Morgan fingerprint density at radius 1 is 1.28 bits per heavy atom. The van der Waals surface area contributed by atoms with Crippen molar-refractivity contribution in [2.24, 2.45) is 0 Å². The molecule has 0 aliphatic carbocycles. The van der Waals surface area contributed by atoms with E-state index in [1.807, 2.05) is 0 Å². The van der Waals surface area contributed by atoms with Gasteiger partial charge in [0.25, 0.3) is 0 Å². The van der Waals surface area contributed by atoms with Crippen LogP contribution in [0.2, 0.25) is 10.0 Å². The van der Waals surface area contributed by atoms with E-state index < -0.39 is 11.9 Å². The highest BCUT2D eigenvalue weighted by Crippen LogP contribution is 2.35. The summed E-state index contributed by atoms with van der Waals surface area (Å²) in [5, 5.41) is 9.31. The number of aromatic nitrogens is 1. The van der Waals surface area contributed by atoms with Crippen molar-refractivity contribution in [1.82, 2.24) is 4.98 Å². The summed E-state index contributed by atoms with van der Waals surface area (Å²) in [6.07, 6.45) is 0.936. The van der Waals surface area contributed by atoms with Crippen LogP contribution in [0.3, 0.4) is 0 Å². The number of hydrogen-bond acceptors (Lipinski definition) is 2. The molecule has 1 aromatic heterocycles. The minimum absolute atomic E-state index is 0.0366. The van der Waals surface area contributed by atoms with Gasteiger partial charge in [-0.05, 0) is 18.2 Å². The van der Waals surface area contributed by atoms with Gasteiger partial charge in [-0.15, -0.1) is 0 Å². The summed E-state index contributed by atoms with van der Waals surface area (Å²) < 4.78 is 13.7. The predicted molar refractivity (Wildman–Crippen MR) is 66.6 cm³/mol. The molecule has 18 heavy (non-hydrogen) atoms. The number of aromatic carboxylic acids is 1. The molecule has 3 nitrogen and oxygen atoms in total. The highest BCUT2D eigenvalue weighted by atomic mass is 35.5. The highest BCUT2D eigenvalue weighted by Gasteiger charge is 2.16. The molecule has 0 aliphatic heterocycles. The van der Waals surface area contributed by atoms with E-state index in [0.717, 1.165) is 12.3 Å². The molecule has 92 valence electrons. The fourth-order valence-corrected chi connectivity index (χ4v) is 2.10. The maximum absolute atomic E-state index is 13.7. The van der Waals surface area contributed by atoms with Crippen molar-refractivity contribution in [3.63, 3.8) is 0 Å². The fourth-order valence-electron chi connectivity index (χ4n) is 1.50. The van der Waals surface area contributed by atoms with Gasteiger partial charge in [0.2, 0.25) is 5.95 Å². The van der Waals surface area contributed by atoms with Crippen molar-refractivity contribution in [2.45, 2.75) is 0 Å². The number of hydrogen-bond donors (Lipinski definition) is 1. The summed E-state index contributed by atoms with van der Waals surface area (Å²) in [5.74, 6) is -2.03. The summed E-state index contributed by atoms with van der Waals surface area (Å²) in [6.45, 7) is 0. The number of halogens is 3. The minimum Gasteiger partial charge on any atom is -0.478 e. The van der Waals surface area contributed by atoms with E-state index in [4.69, 9.17) is 28.3 Å². The summed E-state index contributed by atoms with van der Waals surface area (Å²) in [5.41, 5.74) is 0.0572. The van der Waals surface area contributed by atoms with Crippen LogP contribution in [0.5, 0.6) is 0 Å². The lowest BCUT2D eigenvalue weighted by atomic mass is 10.1. The highest BCUT2D eigenvalue weighted by molar-refractivity contribution is 6.39. The third kappa shape index (κ3) is 2.30. The molecule has 1 heterocycles. The van der Waals surface area contributed by atoms with Gasteiger partial charge < -0.3 is 5.11 Å². The quantitative estimate of drug-likeness (QED) is 0.852. The molecule has 0 amide bonds. The Morgan fingerprint density at radius 2 is 1.89 bits per heavy atom. The molecule has 0 atom stereocenters. The van der Waals surface area contributed by atoms with Crippen molar-refractivity contribution in [2.75, 3.05) is 0 Å². The first kappa shape index (κ1) is 12.8. The van der Waals surface area contributed by atoms with Crippen LogP contribution in [-0.4, -0.2) is 16.1 Å². The summed E-state index contributed by atoms with van der Waals surface area (Å²) in [6, 6.07) is 5.84. The van der Waals surface area contributed by atoms with Gasteiger partial charge in [-0.25, -0.2) is 9.78 Å². The van der Waals surface area contributed by atoms with E-state index in [1.165, 1.54) is 12.1 Å². The first-order valence-electron chi connectivity index (χ1n) is 4.84. The van der Waals surface area contributed by atoms with Gasteiger partial charge in [0.05, 0.1) is 15.6 Å². The molecule has 0 radical (unpaired) electrons. The molecular formula is C12H6Cl2FNO2. The third-order valence-corrected chi connectivity index (χ3v) is 2.95. The molecule has 6 heteroatoms. The largest absolute Gasteiger partial charge is 0.478 e. The van der Waals surface area contributed by atoms with Crippen molar-refractivity contribution in [3.8, 4) is 11.1 Å². The van der Waals surface area contributed by atoms with Gasteiger partial charge in [-0.1, -0.05) is 29.3 Å². The van der Waals surface area contributed by atoms with Gasteiger partial charge in [0, 0.05) is 17.3 Å². The molecule has 0 spiro atoms. The molecule has 1 N–H and O–H groups in total. The number of nitrogens with zero attached hydrogens (tertiary/aromatic N) is 1. The van der Waals surface area contributed by atoms with E-state index in [1.54, 1.807) is 6.07 Å². The van der Waals surface area contributed by atoms with E-state index in [9.17, 15) is 9.18 Å². The Bertz CT molecular complexity index is 611. The summed E-state index contributed by atoms with van der Waals surface area (Å²) in [7, 11) is 0. The van der Waals surface area contributed by atoms with Crippen molar-refractivity contribution in [1.29, 1.82) is 0 Å². The topological polar surface area (TPSA) is 50.2 Å². The van der Waals surface area contributed by atoms with E-state index in [-0.39, 0.29) is 26.7 Å². The number of rotatable bonds is 2. The van der Waals surface area contributed by atoms with Crippen LogP contribution in [0.15, 0.2) is 30.5 Å². The van der Waals surface area contributed by atoms with Crippen LogP contribution in [0, 0.1) is 5.95 Å². The smallest absolute Gasteiger partial charge is 0.337 e. The first-order valence-corrected chi connectivity index (χ1v) is 5.59. The number of benzene rings is 1. The molecule has 1 aromatic carbocycles. The zero-order chi connectivity index (χ0) is 13.3. The number of pyridine rings is 1. The fraction of sp³-hybridized carbons (Fsp3) is 0. The van der Waals surface area contributed by atoms with Gasteiger partial charge in [-0.3, -0.25) is 0 Å². The van der Waals surface area contributed by atoms with Crippen LogP contribution in [0.4, 0.5) is 4.39 Å². The zero-order valence-electron chi connectivity index (χ0n) is 8.82. The average Bonchev–Trinajstić information content (AvgIpc) is 2.30. The van der Waals surface area contributed by atoms with Crippen LogP contribution < -0.4 is 0 Å². The summed E-state index contributed by atoms with van der Waals surface area (Å²) in [4.78, 5) is 14.2. The number of carboxylic acid groups (broad SMARTS) is 1. The average molecular weight is 286 g/mol. The van der Waals surface area contributed by atoms with Crippen molar-refractivity contribution in [3.05, 3.63) is 52.0 Å². The maximum Gasteiger partial charge on any atom is 0.337 e. The second-order valence-electron chi connectivity index (χ2n) is 3.46. The lowest BCUT2D eigenvalue weighted by Crippen LogP contribution is -2.00. The van der Waals surface area contributed by atoms with E-state index >= 15 is 0 Å². The van der Waals surface area contributed by atoms with Gasteiger partial charge in [0.15, 0.2) is 0 Å². The molecule has 2 aromatic rings. The second kappa shape index (κ2) is 4.92. The third-order valence-electron chi connectivity index (χ3n) is 2.32. The minimum atomic E-state index is -1.20. The molecule has 0 unspecified atom stereocenters. The summed E-state index contributed by atoms with van der Waals surface area (Å²) >= 11 is 11.9. The zero-order valence-corrected chi connectivity index (χ0v) is 10.3. The monoisotopic (exact) mass is 285 g/mol. The van der Waals surface area contributed by atoms with Crippen LogP contribution >= 0.6 is 23.2 Å². The molecular weight excluding hydrogens is 280 g/mol. The lowest BCUT2D eigenvalue weighted by Gasteiger charge is -2.08. The molecule has 0 saturated heterocycles. The SMILES string of the molecule is O=C(O)c1cnc(F)c(-c2c(Cl)cccc2Cl)c1. The molecule has 0 aliphatic rings. The van der Waals surface area contributed by atoms with Gasteiger partial charge in [0.1, 0.15) is 0 Å². The van der Waals surface area contributed by atoms with Crippen LogP contribution in [0.1, 0.15) is 10.4 Å². The van der Waals surface area contributed by atoms with Gasteiger partial charge in [-0.2, -0.15) is 4.39 Å². The van der Waals surface area contributed by atoms with Crippen molar-refractivity contribution < 1.29 is 14.3 Å². The Hall–Kier alpha value is -1.65. The standard InChI is InChI=1S/C12H6Cl2FNO2/c13-8-2-1-3-9(14)10(8)7-4-6(12(17)18)5-16-11(7)15/h1-5H,(H,17,18). The Kier molecular flexibility index (Phi) is 3.50. The second-order valence-corrected chi connectivity index (χ2v) is 4.28. The molecule has 0 bridgehead atoms. The van der Waals surface area contributed by atoms with E-state index in [0.29, 0.717) is 0 Å². The number of carbonyl (C=O) groups is 1. The van der Waals surface area contributed by atoms with E-state index in [2.05, 4.69) is 4.98 Å². The lowest BCUT2D eigenvalue weighted by molar-refractivity contribution is 0.0696. The normalized spacial score (nSPS) is 10.4. The molecule has 0 saturated carbocycles. The Morgan fingerprint density at radius 3 is 2.44 bits per heavy atom. The maximum atomic E-state index is 13.7. The van der Waals surface area contributed by atoms with Gasteiger partial charge >= 0.3 is 5.97 Å².